The molecular formula is C13H17FO3S. The third-order valence-electron chi connectivity index (χ3n) is 1.97. The number of hydrogen-bond donors (Lipinski definition) is 0. The minimum Gasteiger partial charge on any atom is -0.463 e. The smallest absolute Gasteiger partial charge is 0.316 e. The zero-order valence-electron chi connectivity index (χ0n) is 10.5. The molecule has 0 atom stereocenters. The van der Waals surface area contributed by atoms with Gasteiger partial charge >= 0.3 is 5.97 Å². The van der Waals surface area contributed by atoms with Gasteiger partial charge in [-0.1, -0.05) is 0 Å². The van der Waals surface area contributed by atoms with Crippen molar-refractivity contribution in [1.82, 2.24) is 0 Å². The maximum atomic E-state index is 12.6. The van der Waals surface area contributed by atoms with Crippen molar-refractivity contribution >= 4 is 17.7 Å². The van der Waals surface area contributed by atoms with E-state index >= 15 is 0 Å². The third-order valence-corrected chi connectivity index (χ3v) is 2.95. The van der Waals surface area contributed by atoms with Crippen molar-refractivity contribution in [3.63, 3.8) is 0 Å². The third kappa shape index (κ3) is 6.61. The number of rotatable bonds is 7. The van der Waals surface area contributed by atoms with Crippen LogP contribution in [0.2, 0.25) is 0 Å². The molecule has 0 aromatic heterocycles. The summed E-state index contributed by atoms with van der Waals surface area (Å²) in [4.78, 5) is 12.2. The van der Waals surface area contributed by atoms with Crippen molar-refractivity contribution in [2.45, 2.75) is 24.8 Å². The van der Waals surface area contributed by atoms with Crippen LogP contribution in [0.1, 0.15) is 13.8 Å². The van der Waals surface area contributed by atoms with Crippen LogP contribution in [0, 0.1) is 5.82 Å². The molecule has 0 saturated heterocycles. The average Bonchev–Trinajstić information content (AvgIpc) is 2.34. The van der Waals surface area contributed by atoms with Crippen LogP contribution in [-0.4, -0.2) is 31.0 Å². The van der Waals surface area contributed by atoms with Crippen molar-refractivity contribution in [2.24, 2.45) is 0 Å². The standard InChI is InChI=1S/C13H17FO3S/c1-10(2)16-7-8-17-13(15)9-18-12-5-3-11(14)4-6-12/h3-6,10H,7-9H2,1-2H3. The lowest BCUT2D eigenvalue weighted by atomic mass is 10.4. The second-order valence-corrected chi connectivity index (χ2v) is 4.93. The Morgan fingerprint density at radius 2 is 1.94 bits per heavy atom. The van der Waals surface area contributed by atoms with Crippen LogP contribution in [0.4, 0.5) is 4.39 Å². The monoisotopic (exact) mass is 272 g/mol. The quantitative estimate of drug-likeness (QED) is 0.434. The van der Waals surface area contributed by atoms with Crippen LogP contribution in [-0.2, 0) is 14.3 Å². The van der Waals surface area contributed by atoms with E-state index in [1.54, 1.807) is 12.1 Å². The lowest BCUT2D eigenvalue weighted by Gasteiger charge is -2.08. The van der Waals surface area contributed by atoms with E-state index in [-0.39, 0.29) is 30.3 Å². The van der Waals surface area contributed by atoms with Crippen LogP contribution in [0.3, 0.4) is 0 Å². The van der Waals surface area contributed by atoms with Gasteiger partial charge in [0.2, 0.25) is 0 Å². The molecule has 0 spiro atoms. The van der Waals surface area contributed by atoms with Crippen LogP contribution in [0.5, 0.6) is 0 Å². The fourth-order valence-electron chi connectivity index (χ4n) is 1.15. The summed E-state index contributed by atoms with van der Waals surface area (Å²) in [5.74, 6) is -0.364. The maximum absolute atomic E-state index is 12.6. The second kappa shape index (κ2) is 8.11. The number of carbonyl (C=O) groups excluding carboxylic acids is 1. The van der Waals surface area contributed by atoms with Crippen molar-refractivity contribution in [2.75, 3.05) is 19.0 Å². The number of hydrogen-bond acceptors (Lipinski definition) is 4. The van der Waals surface area contributed by atoms with Gasteiger partial charge in [0.1, 0.15) is 12.4 Å². The molecule has 0 aliphatic carbocycles. The first kappa shape index (κ1) is 15.0. The van der Waals surface area contributed by atoms with Gasteiger partial charge in [0.25, 0.3) is 0 Å². The Labute approximate surface area is 111 Å². The van der Waals surface area contributed by atoms with Crippen molar-refractivity contribution < 1.29 is 18.7 Å². The molecule has 100 valence electrons. The first-order valence-electron chi connectivity index (χ1n) is 5.73. The Bertz CT molecular complexity index is 365. The van der Waals surface area contributed by atoms with Gasteiger partial charge in [-0.25, -0.2) is 4.39 Å². The van der Waals surface area contributed by atoms with E-state index in [1.807, 2.05) is 13.8 Å². The average molecular weight is 272 g/mol. The number of halogens is 1. The largest absolute Gasteiger partial charge is 0.463 e. The lowest BCUT2D eigenvalue weighted by molar-refractivity contribution is -0.142. The van der Waals surface area contributed by atoms with Gasteiger partial charge in [-0.3, -0.25) is 4.79 Å². The number of benzene rings is 1. The van der Waals surface area contributed by atoms with Gasteiger partial charge in [-0.2, -0.15) is 0 Å². The molecule has 0 saturated carbocycles. The Morgan fingerprint density at radius 1 is 1.28 bits per heavy atom. The summed E-state index contributed by atoms with van der Waals surface area (Å²) in [6, 6.07) is 6.00. The summed E-state index contributed by atoms with van der Waals surface area (Å²) in [5, 5.41) is 0. The summed E-state index contributed by atoms with van der Waals surface area (Å²) in [6.07, 6.45) is 0.136. The molecule has 0 radical (unpaired) electrons. The molecule has 1 aromatic rings. The molecule has 1 aromatic carbocycles. The minimum atomic E-state index is -0.295. The van der Waals surface area contributed by atoms with E-state index in [4.69, 9.17) is 9.47 Å². The molecule has 5 heteroatoms. The number of carbonyl (C=O) groups is 1. The molecule has 0 fully saturated rings. The van der Waals surface area contributed by atoms with E-state index in [9.17, 15) is 9.18 Å². The van der Waals surface area contributed by atoms with E-state index < -0.39 is 0 Å². The molecule has 0 aliphatic heterocycles. The zero-order chi connectivity index (χ0) is 13.4. The lowest BCUT2D eigenvalue weighted by Crippen LogP contribution is -2.14. The van der Waals surface area contributed by atoms with Gasteiger partial charge in [0, 0.05) is 4.90 Å². The van der Waals surface area contributed by atoms with Gasteiger partial charge in [0.05, 0.1) is 18.5 Å². The van der Waals surface area contributed by atoms with Crippen LogP contribution in [0.25, 0.3) is 0 Å². The molecule has 18 heavy (non-hydrogen) atoms. The highest BCUT2D eigenvalue weighted by Gasteiger charge is 2.04. The first-order chi connectivity index (χ1) is 8.58. The Kier molecular flexibility index (Phi) is 6.75. The van der Waals surface area contributed by atoms with Crippen LogP contribution >= 0.6 is 11.8 Å². The predicted octanol–water partition coefficient (Wildman–Crippen LogP) is 2.89. The number of esters is 1. The van der Waals surface area contributed by atoms with Crippen molar-refractivity contribution in [3.8, 4) is 0 Å². The van der Waals surface area contributed by atoms with E-state index in [0.29, 0.717) is 6.61 Å². The second-order valence-electron chi connectivity index (χ2n) is 3.88. The molecule has 0 N–H and O–H groups in total. The summed E-state index contributed by atoms with van der Waals surface area (Å²) in [7, 11) is 0. The summed E-state index contributed by atoms with van der Waals surface area (Å²) < 4.78 is 22.9. The number of thioether (sulfide) groups is 1. The molecule has 0 bridgehead atoms. The molecule has 0 unspecified atom stereocenters. The fraction of sp³-hybridized carbons (Fsp3) is 0.462. The van der Waals surface area contributed by atoms with E-state index in [0.717, 1.165) is 4.90 Å². The van der Waals surface area contributed by atoms with Crippen LogP contribution < -0.4 is 0 Å². The highest BCUT2D eigenvalue weighted by molar-refractivity contribution is 8.00. The highest BCUT2D eigenvalue weighted by Crippen LogP contribution is 2.17. The Morgan fingerprint density at radius 3 is 2.56 bits per heavy atom. The molecule has 0 heterocycles. The van der Waals surface area contributed by atoms with Gasteiger partial charge in [-0.05, 0) is 38.1 Å². The number of ether oxygens (including phenoxy) is 2. The SMILES string of the molecule is CC(C)OCCOC(=O)CSc1ccc(F)cc1. The first-order valence-corrected chi connectivity index (χ1v) is 6.72. The fourth-order valence-corrected chi connectivity index (χ4v) is 1.85. The van der Waals surface area contributed by atoms with Gasteiger partial charge in [0.15, 0.2) is 0 Å². The van der Waals surface area contributed by atoms with Crippen LogP contribution in [0.15, 0.2) is 29.2 Å². The highest BCUT2D eigenvalue weighted by atomic mass is 32.2. The van der Waals surface area contributed by atoms with Gasteiger partial charge < -0.3 is 9.47 Å². The molecule has 0 amide bonds. The maximum Gasteiger partial charge on any atom is 0.316 e. The van der Waals surface area contributed by atoms with E-state index in [1.165, 1.54) is 23.9 Å². The van der Waals surface area contributed by atoms with Crippen molar-refractivity contribution in [3.05, 3.63) is 30.1 Å². The Hall–Kier alpha value is -1.07. The van der Waals surface area contributed by atoms with E-state index in [2.05, 4.69) is 0 Å². The molecular weight excluding hydrogens is 255 g/mol. The molecule has 3 nitrogen and oxygen atoms in total. The van der Waals surface area contributed by atoms with Gasteiger partial charge in [-0.15, -0.1) is 11.8 Å². The summed E-state index contributed by atoms with van der Waals surface area (Å²) in [5.41, 5.74) is 0. The van der Waals surface area contributed by atoms with Crippen molar-refractivity contribution in [1.29, 1.82) is 0 Å². The summed E-state index contributed by atoms with van der Waals surface area (Å²) >= 11 is 1.32. The minimum absolute atomic E-state index is 0.136. The molecule has 0 aliphatic rings. The Balaban J connectivity index is 2.15. The normalized spacial score (nSPS) is 10.7. The predicted molar refractivity (Wildman–Crippen MR) is 69.2 cm³/mol. The summed E-state index contributed by atoms with van der Waals surface area (Å²) in [6.45, 7) is 4.52. The zero-order valence-corrected chi connectivity index (χ0v) is 11.3. The topological polar surface area (TPSA) is 35.5 Å². The molecule has 1 rings (SSSR count).